The molecule has 0 fully saturated rings. The lowest BCUT2D eigenvalue weighted by atomic mass is 10.4. The molecular formula is C9H13N7O4. The summed E-state index contributed by atoms with van der Waals surface area (Å²) in [6.45, 7) is 2.50. The quantitative estimate of drug-likeness (QED) is 0.547. The van der Waals surface area contributed by atoms with E-state index in [0.29, 0.717) is 12.4 Å². The van der Waals surface area contributed by atoms with Crippen molar-refractivity contribution in [2.75, 3.05) is 25.8 Å². The third-order valence-corrected chi connectivity index (χ3v) is 2.20. The minimum absolute atomic E-state index is 0.115. The molecule has 0 saturated heterocycles. The van der Waals surface area contributed by atoms with Gasteiger partial charge in [0, 0.05) is 6.54 Å². The molecule has 2 rings (SSSR count). The molecule has 0 aliphatic rings. The first-order valence-electron chi connectivity index (χ1n) is 5.72. The molecule has 108 valence electrons. The predicted octanol–water partition coefficient (Wildman–Crippen LogP) is 1.39. The summed E-state index contributed by atoms with van der Waals surface area (Å²) in [7, 11) is 2.88. The Labute approximate surface area is 113 Å². The van der Waals surface area contributed by atoms with Gasteiger partial charge in [-0.15, -0.1) is 5.11 Å². The molecule has 11 heteroatoms. The van der Waals surface area contributed by atoms with Crippen molar-refractivity contribution in [1.82, 2.24) is 20.6 Å². The van der Waals surface area contributed by atoms with Gasteiger partial charge in [0.1, 0.15) is 0 Å². The van der Waals surface area contributed by atoms with Gasteiger partial charge < -0.3 is 9.47 Å². The normalized spacial score (nSPS) is 10.9. The van der Waals surface area contributed by atoms with Crippen molar-refractivity contribution in [1.29, 1.82) is 0 Å². The summed E-state index contributed by atoms with van der Waals surface area (Å²) in [5.41, 5.74) is 0. The first kappa shape index (κ1) is 13.7. The molecule has 0 N–H and O–H groups in total. The summed E-state index contributed by atoms with van der Waals surface area (Å²) in [6.07, 6.45) is 0.795. The molecular weight excluding hydrogens is 270 g/mol. The van der Waals surface area contributed by atoms with Crippen LogP contribution in [0.3, 0.4) is 0 Å². The van der Waals surface area contributed by atoms with Crippen LogP contribution in [0.1, 0.15) is 13.3 Å². The van der Waals surface area contributed by atoms with Crippen LogP contribution >= 0.6 is 0 Å². The molecule has 0 bridgehead atoms. The Morgan fingerprint density at radius 3 is 2.45 bits per heavy atom. The van der Waals surface area contributed by atoms with Gasteiger partial charge in [-0.2, -0.15) is 0 Å². The van der Waals surface area contributed by atoms with Gasteiger partial charge in [0.25, 0.3) is 11.6 Å². The highest BCUT2D eigenvalue weighted by molar-refractivity contribution is 5.45. The molecule has 0 spiro atoms. The highest BCUT2D eigenvalue weighted by atomic mass is 16.6. The number of aromatic nitrogens is 4. The summed E-state index contributed by atoms with van der Waals surface area (Å²) >= 11 is 0. The number of hydrogen-bond donors (Lipinski definition) is 0. The average molecular weight is 283 g/mol. The largest absolute Gasteiger partial charge is 0.476 e. The Hall–Kier alpha value is -2.72. The van der Waals surface area contributed by atoms with Crippen LogP contribution < -0.4 is 14.5 Å². The summed E-state index contributed by atoms with van der Waals surface area (Å²) in [5.74, 6) is 0.774. The van der Waals surface area contributed by atoms with E-state index < -0.39 is 0 Å². The minimum atomic E-state index is 0.115. The number of methoxy groups -OCH3 is 2. The molecule has 0 saturated carbocycles. The van der Waals surface area contributed by atoms with Crippen LogP contribution in [0.4, 0.5) is 11.6 Å². The second-order valence-electron chi connectivity index (χ2n) is 3.51. The minimum Gasteiger partial charge on any atom is -0.476 e. The fourth-order valence-electron chi connectivity index (χ4n) is 1.33. The Kier molecular flexibility index (Phi) is 4.42. The summed E-state index contributed by atoms with van der Waals surface area (Å²) in [6, 6.07) is 0. The van der Waals surface area contributed by atoms with E-state index in [1.165, 1.54) is 19.2 Å². The second kappa shape index (κ2) is 6.45. The first-order chi connectivity index (χ1) is 9.80. The first-order valence-corrected chi connectivity index (χ1v) is 5.72. The maximum atomic E-state index is 5.01. The predicted molar refractivity (Wildman–Crippen MR) is 63.9 cm³/mol. The van der Waals surface area contributed by atoms with Gasteiger partial charge >= 0.3 is 11.8 Å². The highest BCUT2D eigenvalue weighted by Gasteiger charge is 2.18. The van der Waals surface area contributed by atoms with Crippen LogP contribution in [0.2, 0.25) is 0 Å². The number of anilines is 1. The van der Waals surface area contributed by atoms with Crippen molar-refractivity contribution >= 4 is 11.6 Å². The maximum absolute atomic E-state index is 5.01. The summed E-state index contributed by atoms with van der Waals surface area (Å²) in [5, 5.41) is 23.7. The van der Waals surface area contributed by atoms with E-state index in [1.54, 1.807) is 0 Å². The average Bonchev–Trinajstić information content (AvgIpc) is 3.11. The molecule has 2 aromatic rings. The van der Waals surface area contributed by atoms with Crippen LogP contribution in [-0.2, 0) is 0 Å². The van der Waals surface area contributed by atoms with Crippen molar-refractivity contribution in [3.05, 3.63) is 0 Å². The van der Waals surface area contributed by atoms with Gasteiger partial charge in [-0.25, -0.2) is 14.3 Å². The topological polar surface area (TPSA) is 124 Å². The van der Waals surface area contributed by atoms with E-state index in [4.69, 9.17) is 9.47 Å². The Morgan fingerprint density at radius 1 is 1.05 bits per heavy atom. The van der Waals surface area contributed by atoms with Crippen LogP contribution in [0.15, 0.2) is 19.6 Å². The second-order valence-corrected chi connectivity index (χ2v) is 3.51. The van der Waals surface area contributed by atoms with E-state index in [-0.39, 0.29) is 17.6 Å². The van der Waals surface area contributed by atoms with Gasteiger partial charge in [-0.05, 0) is 27.0 Å². The standard InChI is InChI=1S/C9H13N7O4/c1-4-5-16(7-9(18-3)14-20-12-7)15-10-6-8(17-2)13-19-11-6/h4-5H2,1-3H3. The van der Waals surface area contributed by atoms with Gasteiger partial charge in [0.05, 0.1) is 14.2 Å². The van der Waals surface area contributed by atoms with E-state index in [9.17, 15) is 0 Å². The van der Waals surface area contributed by atoms with Gasteiger partial charge in [-0.1, -0.05) is 12.1 Å². The highest BCUT2D eigenvalue weighted by Crippen LogP contribution is 2.26. The molecule has 11 nitrogen and oxygen atoms in total. The van der Waals surface area contributed by atoms with Gasteiger partial charge in [-0.3, -0.25) is 0 Å². The third-order valence-electron chi connectivity index (χ3n) is 2.20. The van der Waals surface area contributed by atoms with Gasteiger partial charge in [0.15, 0.2) is 0 Å². The third kappa shape index (κ3) is 2.81. The van der Waals surface area contributed by atoms with E-state index in [2.05, 4.69) is 40.2 Å². The van der Waals surface area contributed by atoms with E-state index in [0.717, 1.165) is 6.42 Å². The van der Waals surface area contributed by atoms with Crippen LogP contribution in [0, 0.1) is 0 Å². The van der Waals surface area contributed by atoms with Gasteiger partial charge in [0.2, 0.25) is 0 Å². The lowest BCUT2D eigenvalue weighted by Gasteiger charge is -2.12. The smallest absolute Gasteiger partial charge is 0.304 e. The molecule has 2 aromatic heterocycles. The molecule has 0 aliphatic carbocycles. The monoisotopic (exact) mass is 283 g/mol. The fraction of sp³-hybridized carbons (Fsp3) is 0.556. The Morgan fingerprint density at radius 2 is 1.75 bits per heavy atom. The number of hydrogen-bond acceptors (Lipinski definition) is 10. The van der Waals surface area contributed by atoms with Crippen LogP contribution in [0.25, 0.3) is 0 Å². The molecule has 0 aromatic carbocycles. The van der Waals surface area contributed by atoms with E-state index in [1.807, 2.05) is 6.92 Å². The Bertz CT molecular complexity index is 566. The van der Waals surface area contributed by atoms with Crippen molar-refractivity contribution in [2.45, 2.75) is 13.3 Å². The zero-order chi connectivity index (χ0) is 14.4. The van der Waals surface area contributed by atoms with Crippen molar-refractivity contribution < 1.29 is 18.7 Å². The SMILES string of the molecule is CCCN(N=Nc1nonc1OC)c1nonc1OC. The lowest BCUT2D eigenvalue weighted by molar-refractivity contribution is 0.281. The van der Waals surface area contributed by atoms with Crippen LogP contribution in [-0.4, -0.2) is 41.4 Å². The fourth-order valence-corrected chi connectivity index (χ4v) is 1.33. The Balaban J connectivity index is 2.21. The summed E-state index contributed by atoms with van der Waals surface area (Å²) < 4.78 is 19.0. The van der Waals surface area contributed by atoms with E-state index >= 15 is 0 Å². The van der Waals surface area contributed by atoms with Crippen molar-refractivity contribution in [3.8, 4) is 11.8 Å². The number of rotatable bonds is 7. The zero-order valence-corrected chi connectivity index (χ0v) is 11.2. The molecule has 0 radical (unpaired) electrons. The summed E-state index contributed by atoms with van der Waals surface area (Å²) in [4.78, 5) is 0. The molecule has 0 atom stereocenters. The number of nitrogens with zero attached hydrogens (tertiary/aromatic N) is 7. The molecule has 2 heterocycles. The molecule has 0 aliphatic heterocycles. The zero-order valence-electron chi connectivity index (χ0n) is 11.2. The lowest BCUT2D eigenvalue weighted by Crippen LogP contribution is -2.17. The molecule has 0 unspecified atom stereocenters. The molecule has 20 heavy (non-hydrogen) atoms. The number of ether oxygens (including phenoxy) is 2. The van der Waals surface area contributed by atoms with Crippen LogP contribution in [0.5, 0.6) is 11.8 Å². The molecule has 0 amide bonds. The maximum Gasteiger partial charge on any atom is 0.304 e. The van der Waals surface area contributed by atoms with Crippen molar-refractivity contribution in [3.63, 3.8) is 0 Å². The van der Waals surface area contributed by atoms with Crippen molar-refractivity contribution in [2.24, 2.45) is 10.3 Å².